The van der Waals surface area contributed by atoms with Crippen LogP contribution in [-0.2, 0) is 20.7 Å². The summed E-state index contributed by atoms with van der Waals surface area (Å²) in [6.45, 7) is 0.344. The first-order valence-corrected chi connectivity index (χ1v) is 6.53. The van der Waals surface area contributed by atoms with Crippen LogP contribution in [0.2, 0.25) is 0 Å². The summed E-state index contributed by atoms with van der Waals surface area (Å²) in [7, 11) is 3.09. The van der Waals surface area contributed by atoms with Crippen LogP contribution in [0.1, 0.15) is 5.56 Å². The van der Waals surface area contributed by atoms with E-state index in [-0.39, 0.29) is 5.91 Å². The second-order valence-corrected chi connectivity index (χ2v) is 4.52. The molecule has 0 fully saturated rings. The first kappa shape index (κ1) is 14.5. The van der Waals surface area contributed by atoms with E-state index in [0.717, 1.165) is 16.3 Å². The number of carbonyl (C=O) groups excluding carboxylic acids is 1. The highest BCUT2D eigenvalue weighted by atomic mass is 16.7. The van der Waals surface area contributed by atoms with Gasteiger partial charge in [0.2, 0.25) is 5.91 Å². The molecule has 4 nitrogen and oxygen atoms in total. The van der Waals surface area contributed by atoms with Gasteiger partial charge in [-0.3, -0.25) is 4.79 Å². The summed E-state index contributed by atoms with van der Waals surface area (Å²) in [5.74, 6) is -0.0412. The molecule has 0 radical (unpaired) electrons. The summed E-state index contributed by atoms with van der Waals surface area (Å²) in [6.07, 6.45) is -0.0620. The van der Waals surface area contributed by atoms with Gasteiger partial charge in [-0.2, -0.15) is 0 Å². The SMILES string of the molecule is COC(CNC(=O)Cc1cccc2ccccc12)OC. The lowest BCUT2D eigenvalue weighted by Gasteiger charge is -2.14. The predicted molar refractivity (Wildman–Crippen MR) is 78.5 cm³/mol. The van der Waals surface area contributed by atoms with E-state index in [0.29, 0.717) is 13.0 Å². The molecule has 4 heteroatoms. The summed E-state index contributed by atoms with van der Waals surface area (Å²) >= 11 is 0. The third-order valence-electron chi connectivity index (χ3n) is 3.22. The van der Waals surface area contributed by atoms with Gasteiger partial charge in [0.1, 0.15) is 0 Å². The molecule has 2 aromatic rings. The number of hydrogen-bond acceptors (Lipinski definition) is 3. The molecular weight excluding hydrogens is 254 g/mol. The van der Waals surface area contributed by atoms with Gasteiger partial charge in [-0.1, -0.05) is 42.5 Å². The van der Waals surface area contributed by atoms with Gasteiger partial charge < -0.3 is 14.8 Å². The Labute approximate surface area is 118 Å². The molecule has 0 unspecified atom stereocenters. The fraction of sp³-hybridized carbons (Fsp3) is 0.312. The van der Waals surface area contributed by atoms with Crippen LogP contribution < -0.4 is 5.32 Å². The van der Waals surface area contributed by atoms with E-state index in [1.807, 2.05) is 42.5 Å². The highest BCUT2D eigenvalue weighted by Gasteiger charge is 2.10. The molecule has 0 aliphatic carbocycles. The number of ether oxygens (including phenoxy) is 2. The zero-order valence-corrected chi connectivity index (χ0v) is 11.8. The van der Waals surface area contributed by atoms with Crippen molar-refractivity contribution in [2.24, 2.45) is 0 Å². The van der Waals surface area contributed by atoms with Crippen LogP contribution in [0.3, 0.4) is 0 Å². The monoisotopic (exact) mass is 273 g/mol. The lowest BCUT2D eigenvalue weighted by molar-refractivity contribution is -0.126. The van der Waals surface area contributed by atoms with Gasteiger partial charge in [-0.15, -0.1) is 0 Å². The molecule has 0 aliphatic rings. The predicted octanol–water partition coefficient (Wildman–Crippen LogP) is 2.12. The molecule has 2 aromatic carbocycles. The van der Waals surface area contributed by atoms with Gasteiger partial charge in [-0.05, 0) is 16.3 Å². The molecule has 0 saturated carbocycles. The van der Waals surface area contributed by atoms with Crippen molar-refractivity contribution in [1.29, 1.82) is 0 Å². The van der Waals surface area contributed by atoms with E-state index in [1.54, 1.807) is 14.2 Å². The van der Waals surface area contributed by atoms with Crippen molar-refractivity contribution in [3.8, 4) is 0 Å². The van der Waals surface area contributed by atoms with Crippen LogP contribution in [0, 0.1) is 0 Å². The van der Waals surface area contributed by atoms with Gasteiger partial charge in [0.25, 0.3) is 0 Å². The molecule has 0 bridgehead atoms. The van der Waals surface area contributed by atoms with Crippen LogP contribution >= 0.6 is 0 Å². The van der Waals surface area contributed by atoms with Crippen LogP contribution in [0.4, 0.5) is 0 Å². The van der Waals surface area contributed by atoms with E-state index >= 15 is 0 Å². The topological polar surface area (TPSA) is 47.6 Å². The smallest absolute Gasteiger partial charge is 0.224 e. The summed E-state index contributed by atoms with van der Waals surface area (Å²) < 4.78 is 10.1. The maximum atomic E-state index is 12.0. The summed E-state index contributed by atoms with van der Waals surface area (Å²) in [4.78, 5) is 12.0. The van der Waals surface area contributed by atoms with Gasteiger partial charge in [0.15, 0.2) is 6.29 Å². The van der Waals surface area contributed by atoms with Crippen LogP contribution in [0.15, 0.2) is 42.5 Å². The minimum atomic E-state index is -0.411. The molecule has 0 heterocycles. The van der Waals surface area contributed by atoms with Gasteiger partial charge in [-0.25, -0.2) is 0 Å². The number of nitrogens with one attached hydrogen (secondary N) is 1. The van der Waals surface area contributed by atoms with Crippen molar-refractivity contribution in [2.75, 3.05) is 20.8 Å². The molecule has 106 valence electrons. The van der Waals surface area contributed by atoms with Crippen molar-refractivity contribution in [3.63, 3.8) is 0 Å². The maximum absolute atomic E-state index is 12.0. The minimum Gasteiger partial charge on any atom is -0.354 e. The molecule has 0 spiro atoms. The fourth-order valence-electron chi connectivity index (χ4n) is 2.14. The van der Waals surface area contributed by atoms with Gasteiger partial charge >= 0.3 is 0 Å². The molecule has 0 saturated heterocycles. The first-order chi connectivity index (χ1) is 9.74. The van der Waals surface area contributed by atoms with E-state index in [1.165, 1.54) is 0 Å². The first-order valence-electron chi connectivity index (χ1n) is 6.53. The van der Waals surface area contributed by atoms with Crippen molar-refractivity contribution >= 4 is 16.7 Å². The molecular formula is C16H19NO3. The Morgan fingerprint density at radius 3 is 2.55 bits per heavy atom. The van der Waals surface area contributed by atoms with Crippen LogP contribution in [0.5, 0.6) is 0 Å². The summed E-state index contributed by atoms with van der Waals surface area (Å²) in [5.41, 5.74) is 1.02. The highest BCUT2D eigenvalue weighted by Crippen LogP contribution is 2.18. The Hall–Kier alpha value is -1.91. The molecule has 0 aliphatic heterocycles. The molecule has 1 N–H and O–H groups in total. The van der Waals surface area contributed by atoms with Crippen molar-refractivity contribution in [1.82, 2.24) is 5.32 Å². The van der Waals surface area contributed by atoms with E-state index in [2.05, 4.69) is 5.32 Å². The second kappa shape index (κ2) is 7.03. The number of amides is 1. The Morgan fingerprint density at radius 2 is 1.80 bits per heavy atom. The van der Waals surface area contributed by atoms with Gasteiger partial charge in [0.05, 0.1) is 13.0 Å². The Balaban J connectivity index is 2.03. The number of carbonyl (C=O) groups is 1. The molecule has 20 heavy (non-hydrogen) atoms. The van der Waals surface area contributed by atoms with Crippen LogP contribution in [0.25, 0.3) is 10.8 Å². The number of benzene rings is 2. The summed E-state index contributed by atoms with van der Waals surface area (Å²) in [6, 6.07) is 14.0. The van der Waals surface area contributed by atoms with Crippen molar-refractivity contribution in [3.05, 3.63) is 48.0 Å². The molecule has 0 atom stereocenters. The quantitative estimate of drug-likeness (QED) is 0.820. The van der Waals surface area contributed by atoms with E-state index < -0.39 is 6.29 Å². The zero-order chi connectivity index (χ0) is 14.4. The molecule has 0 aromatic heterocycles. The van der Waals surface area contributed by atoms with Gasteiger partial charge in [0, 0.05) is 14.2 Å². The number of fused-ring (bicyclic) bond motifs is 1. The van der Waals surface area contributed by atoms with Crippen molar-refractivity contribution in [2.45, 2.75) is 12.7 Å². The normalized spacial score (nSPS) is 10.9. The van der Waals surface area contributed by atoms with E-state index in [9.17, 15) is 4.79 Å². The largest absolute Gasteiger partial charge is 0.354 e. The number of methoxy groups -OCH3 is 2. The average molecular weight is 273 g/mol. The van der Waals surface area contributed by atoms with Crippen molar-refractivity contribution < 1.29 is 14.3 Å². The fourth-order valence-corrected chi connectivity index (χ4v) is 2.14. The third kappa shape index (κ3) is 3.56. The summed E-state index contributed by atoms with van der Waals surface area (Å²) in [5, 5.41) is 5.06. The highest BCUT2D eigenvalue weighted by molar-refractivity contribution is 5.90. The van der Waals surface area contributed by atoms with E-state index in [4.69, 9.17) is 9.47 Å². The molecule has 2 rings (SSSR count). The lowest BCUT2D eigenvalue weighted by Crippen LogP contribution is -2.35. The molecule has 1 amide bonds. The Kier molecular flexibility index (Phi) is 5.09. The average Bonchev–Trinajstić information content (AvgIpc) is 2.49. The maximum Gasteiger partial charge on any atom is 0.224 e. The van der Waals surface area contributed by atoms with Crippen LogP contribution in [-0.4, -0.2) is 33.0 Å². The Bertz CT molecular complexity index is 573. The third-order valence-corrected chi connectivity index (χ3v) is 3.22. The zero-order valence-electron chi connectivity index (χ0n) is 11.8. The Morgan fingerprint density at radius 1 is 1.10 bits per heavy atom. The minimum absolute atomic E-state index is 0.0412. The standard InChI is InChI=1S/C16H19NO3/c1-19-16(20-2)11-17-15(18)10-13-8-5-7-12-6-3-4-9-14(12)13/h3-9,16H,10-11H2,1-2H3,(H,17,18). The lowest BCUT2D eigenvalue weighted by atomic mass is 10.0. The number of hydrogen-bond donors (Lipinski definition) is 1. The second-order valence-electron chi connectivity index (χ2n) is 4.52. The number of rotatable bonds is 6.